The Morgan fingerprint density at radius 3 is 2.39 bits per heavy atom. The van der Waals surface area contributed by atoms with Crippen molar-refractivity contribution in [1.82, 2.24) is 0 Å². The molecule has 0 radical (unpaired) electrons. The second-order valence-corrected chi connectivity index (χ2v) is 3.64. The Hall–Kier alpha value is -1.86. The first kappa shape index (κ1) is 14.2. The summed E-state index contributed by atoms with van der Waals surface area (Å²) in [5.41, 5.74) is 5.97. The molecular formula is C11H16N2O5. The number of hydrogen-bond acceptors (Lipinski definition) is 6. The lowest BCUT2D eigenvalue weighted by molar-refractivity contribution is -0.385. The highest BCUT2D eigenvalue weighted by Crippen LogP contribution is 2.37. The first-order chi connectivity index (χ1) is 8.54. The zero-order chi connectivity index (χ0) is 13.7. The van der Waals surface area contributed by atoms with E-state index in [9.17, 15) is 10.1 Å². The smallest absolute Gasteiger partial charge is 0.278 e. The number of ether oxygens (including phenoxy) is 2. The van der Waals surface area contributed by atoms with Gasteiger partial charge < -0.3 is 20.3 Å². The van der Waals surface area contributed by atoms with Crippen LogP contribution >= 0.6 is 0 Å². The number of nitrogens with two attached hydrogens (primary N) is 1. The van der Waals surface area contributed by atoms with Crippen molar-refractivity contribution in [3.8, 4) is 11.5 Å². The van der Waals surface area contributed by atoms with Crippen LogP contribution in [0.2, 0.25) is 0 Å². The molecule has 0 heterocycles. The molecule has 0 amide bonds. The van der Waals surface area contributed by atoms with Crippen molar-refractivity contribution in [3.05, 3.63) is 27.8 Å². The van der Waals surface area contributed by atoms with Crippen molar-refractivity contribution < 1.29 is 19.5 Å². The van der Waals surface area contributed by atoms with E-state index in [1.54, 1.807) is 0 Å². The molecule has 1 unspecified atom stereocenters. The molecule has 18 heavy (non-hydrogen) atoms. The highest BCUT2D eigenvalue weighted by Gasteiger charge is 2.23. The maximum atomic E-state index is 11.0. The number of benzene rings is 1. The third-order valence-electron chi connectivity index (χ3n) is 2.57. The van der Waals surface area contributed by atoms with Crippen LogP contribution < -0.4 is 15.2 Å². The first-order valence-corrected chi connectivity index (χ1v) is 5.31. The Kier molecular flexibility index (Phi) is 4.87. The fourth-order valence-electron chi connectivity index (χ4n) is 1.63. The lowest BCUT2D eigenvalue weighted by Crippen LogP contribution is -2.14. The van der Waals surface area contributed by atoms with Gasteiger partial charge in [0, 0.05) is 12.6 Å². The third-order valence-corrected chi connectivity index (χ3v) is 2.57. The van der Waals surface area contributed by atoms with Gasteiger partial charge in [0.1, 0.15) is 0 Å². The lowest BCUT2D eigenvalue weighted by atomic mass is 10.0. The summed E-state index contributed by atoms with van der Waals surface area (Å²) in [6, 6.07) is 2.11. The highest BCUT2D eigenvalue weighted by atomic mass is 16.6. The van der Waals surface area contributed by atoms with E-state index in [0.717, 1.165) is 0 Å². The molecular weight excluding hydrogens is 240 g/mol. The molecule has 0 saturated carbocycles. The van der Waals surface area contributed by atoms with Crippen LogP contribution in [0.3, 0.4) is 0 Å². The number of nitro groups is 1. The number of nitrogens with zero attached hydrogens (tertiary/aromatic N) is 1. The van der Waals surface area contributed by atoms with Crippen LogP contribution in [-0.4, -0.2) is 30.9 Å². The highest BCUT2D eigenvalue weighted by molar-refractivity contribution is 5.55. The molecule has 7 nitrogen and oxygen atoms in total. The van der Waals surface area contributed by atoms with E-state index >= 15 is 0 Å². The maximum absolute atomic E-state index is 11.0. The largest absolute Gasteiger partial charge is 0.493 e. The van der Waals surface area contributed by atoms with Gasteiger partial charge in [-0.2, -0.15) is 0 Å². The maximum Gasteiger partial charge on any atom is 0.278 e. The van der Waals surface area contributed by atoms with Crippen molar-refractivity contribution in [3.63, 3.8) is 0 Å². The van der Waals surface area contributed by atoms with Crippen LogP contribution in [0.25, 0.3) is 0 Å². The summed E-state index contributed by atoms with van der Waals surface area (Å²) < 4.78 is 10.1. The Bertz CT molecular complexity index is 436. The SMILES string of the molecule is COc1cc(C(N)CCO)c([N+](=O)[O-])cc1OC. The van der Waals surface area contributed by atoms with Gasteiger partial charge in [0.25, 0.3) is 5.69 Å². The molecule has 7 heteroatoms. The molecule has 0 aromatic heterocycles. The minimum absolute atomic E-state index is 0.145. The fraction of sp³-hybridized carbons (Fsp3) is 0.455. The number of aliphatic hydroxyl groups is 1. The van der Waals surface area contributed by atoms with Gasteiger partial charge in [-0.25, -0.2) is 0 Å². The molecule has 0 bridgehead atoms. The molecule has 0 spiro atoms. The summed E-state index contributed by atoms with van der Waals surface area (Å²) in [5.74, 6) is 0.635. The second-order valence-electron chi connectivity index (χ2n) is 3.64. The van der Waals surface area contributed by atoms with Gasteiger partial charge in [-0.1, -0.05) is 0 Å². The Labute approximate surface area is 104 Å². The van der Waals surface area contributed by atoms with Gasteiger partial charge in [0.15, 0.2) is 11.5 Å². The molecule has 0 fully saturated rings. The topological polar surface area (TPSA) is 108 Å². The summed E-state index contributed by atoms with van der Waals surface area (Å²) in [6.45, 7) is -0.146. The Morgan fingerprint density at radius 1 is 1.39 bits per heavy atom. The van der Waals surface area contributed by atoms with E-state index in [4.69, 9.17) is 20.3 Å². The van der Waals surface area contributed by atoms with Gasteiger partial charge in [0.05, 0.1) is 30.8 Å². The monoisotopic (exact) mass is 256 g/mol. The summed E-state index contributed by atoms with van der Waals surface area (Å²) in [4.78, 5) is 10.5. The van der Waals surface area contributed by atoms with Crippen LogP contribution in [0, 0.1) is 10.1 Å². The predicted molar refractivity (Wildman–Crippen MR) is 64.8 cm³/mol. The van der Waals surface area contributed by atoms with E-state index in [1.807, 2.05) is 0 Å². The van der Waals surface area contributed by atoms with Crippen LogP contribution in [0.15, 0.2) is 12.1 Å². The molecule has 0 aliphatic heterocycles. The molecule has 1 aromatic carbocycles. The van der Waals surface area contributed by atoms with E-state index in [2.05, 4.69) is 0 Å². The van der Waals surface area contributed by atoms with Gasteiger partial charge >= 0.3 is 0 Å². The zero-order valence-electron chi connectivity index (χ0n) is 10.3. The van der Waals surface area contributed by atoms with Crippen molar-refractivity contribution in [2.24, 2.45) is 5.73 Å². The lowest BCUT2D eigenvalue weighted by Gasteiger charge is -2.14. The van der Waals surface area contributed by atoms with Crippen molar-refractivity contribution in [2.75, 3.05) is 20.8 Å². The molecule has 1 aromatic rings. The van der Waals surface area contributed by atoms with Gasteiger partial charge in [-0.3, -0.25) is 10.1 Å². The number of aliphatic hydroxyl groups excluding tert-OH is 1. The van der Waals surface area contributed by atoms with E-state index in [0.29, 0.717) is 11.3 Å². The Balaban J connectivity index is 3.33. The predicted octanol–water partition coefficient (Wildman–Crippen LogP) is 0.994. The average molecular weight is 256 g/mol. The number of hydrogen-bond donors (Lipinski definition) is 2. The van der Waals surface area contributed by atoms with Gasteiger partial charge in [-0.05, 0) is 12.5 Å². The van der Waals surface area contributed by atoms with Crippen molar-refractivity contribution in [2.45, 2.75) is 12.5 Å². The zero-order valence-corrected chi connectivity index (χ0v) is 10.3. The van der Waals surface area contributed by atoms with E-state index < -0.39 is 11.0 Å². The summed E-state index contributed by atoms with van der Waals surface area (Å²) in [5, 5.41) is 19.8. The van der Waals surface area contributed by atoms with Crippen LogP contribution in [0.5, 0.6) is 11.5 Å². The van der Waals surface area contributed by atoms with Crippen LogP contribution in [-0.2, 0) is 0 Å². The summed E-state index contributed by atoms with van der Waals surface area (Å²) >= 11 is 0. The normalized spacial score (nSPS) is 12.0. The molecule has 100 valence electrons. The van der Waals surface area contributed by atoms with Gasteiger partial charge in [0.2, 0.25) is 0 Å². The molecule has 0 saturated heterocycles. The average Bonchev–Trinajstić information content (AvgIpc) is 2.37. The molecule has 3 N–H and O–H groups in total. The number of rotatable bonds is 6. The standard InChI is InChI=1S/C11H16N2O5/c1-17-10-5-7(8(12)3-4-14)9(13(15)16)6-11(10)18-2/h5-6,8,14H,3-4,12H2,1-2H3. The molecule has 1 atom stereocenters. The van der Waals surface area contributed by atoms with E-state index in [1.165, 1.54) is 26.4 Å². The summed E-state index contributed by atoms with van der Waals surface area (Å²) in [7, 11) is 2.83. The van der Waals surface area contributed by atoms with Crippen molar-refractivity contribution in [1.29, 1.82) is 0 Å². The first-order valence-electron chi connectivity index (χ1n) is 5.31. The van der Waals surface area contributed by atoms with Crippen LogP contribution in [0.1, 0.15) is 18.0 Å². The molecule has 1 rings (SSSR count). The van der Waals surface area contributed by atoms with E-state index in [-0.39, 0.29) is 24.5 Å². The number of methoxy groups -OCH3 is 2. The quantitative estimate of drug-likeness (QED) is 0.580. The van der Waals surface area contributed by atoms with Crippen molar-refractivity contribution >= 4 is 5.69 Å². The van der Waals surface area contributed by atoms with Crippen LogP contribution in [0.4, 0.5) is 5.69 Å². The Morgan fingerprint density at radius 2 is 1.94 bits per heavy atom. The minimum Gasteiger partial charge on any atom is -0.493 e. The second kappa shape index (κ2) is 6.18. The summed E-state index contributed by atoms with van der Waals surface area (Å²) in [6.07, 6.45) is 0.232. The molecule has 0 aliphatic rings. The third kappa shape index (κ3) is 2.88. The molecule has 0 aliphatic carbocycles. The number of nitro benzene ring substituents is 1. The van der Waals surface area contributed by atoms with Gasteiger partial charge in [-0.15, -0.1) is 0 Å². The fourth-order valence-corrected chi connectivity index (χ4v) is 1.63. The minimum atomic E-state index is -0.629.